The first-order chi connectivity index (χ1) is 5.24. The van der Waals surface area contributed by atoms with Gasteiger partial charge in [-0.1, -0.05) is 13.8 Å². The Morgan fingerprint density at radius 3 is 2.64 bits per heavy atom. The van der Waals surface area contributed by atoms with E-state index in [1.165, 1.54) is 0 Å². The lowest BCUT2D eigenvalue weighted by Crippen LogP contribution is -2.01. The van der Waals surface area contributed by atoms with E-state index in [1.807, 2.05) is 0 Å². The Kier molecular flexibility index (Phi) is 2.96. The van der Waals surface area contributed by atoms with Crippen molar-refractivity contribution < 1.29 is 0 Å². The maximum atomic E-state index is 5.38. The van der Waals surface area contributed by atoms with Gasteiger partial charge >= 0.3 is 0 Å². The fourth-order valence-corrected chi connectivity index (χ4v) is 1.58. The zero-order chi connectivity index (χ0) is 8.27. The van der Waals surface area contributed by atoms with Crippen LogP contribution in [0.1, 0.15) is 29.8 Å². The van der Waals surface area contributed by atoms with Crippen LogP contribution in [0.15, 0.2) is 0 Å². The van der Waals surface area contributed by atoms with Crippen molar-refractivity contribution >= 4 is 11.3 Å². The minimum absolute atomic E-state index is 0.485. The SMILES string of the molecule is CC(C)c1nnc(CCN)s1. The normalized spacial score (nSPS) is 10.9. The number of rotatable bonds is 3. The summed E-state index contributed by atoms with van der Waals surface area (Å²) in [6.07, 6.45) is 0.852. The molecule has 0 bridgehead atoms. The Balaban J connectivity index is 2.66. The van der Waals surface area contributed by atoms with Gasteiger partial charge in [0.25, 0.3) is 0 Å². The van der Waals surface area contributed by atoms with E-state index < -0.39 is 0 Å². The van der Waals surface area contributed by atoms with Crippen LogP contribution in [0.2, 0.25) is 0 Å². The topological polar surface area (TPSA) is 51.8 Å². The third kappa shape index (κ3) is 2.24. The molecular formula is C7H13N3S. The van der Waals surface area contributed by atoms with Crippen LogP contribution < -0.4 is 5.73 Å². The molecule has 0 aliphatic rings. The maximum Gasteiger partial charge on any atom is 0.119 e. The van der Waals surface area contributed by atoms with Crippen molar-refractivity contribution in [3.8, 4) is 0 Å². The number of nitrogens with two attached hydrogens (primary N) is 1. The summed E-state index contributed by atoms with van der Waals surface area (Å²) in [5.41, 5.74) is 5.38. The van der Waals surface area contributed by atoms with Gasteiger partial charge in [-0.15, -0.1) is 21.5 Å². The van der Waals surface area contributed by atoms with Gasteiger partial charge in [-0.05, 0) is 6.54 Å². The Labute approximate surface area is 70.6 Å². The fourth-order valence-electron chi connectivity index (χ4n) is 0.724. The third-order valence-electron chi connectivity index (χ3n) is 1.33. The molecule has 0 fully saturated rings. The second kappa shape index (κ2) is 3.78. The molecule has 0 aliphatic heterocycles. The van der Waals surface area contributed by atoms with Crippen LogP contribution >= 0.6 is 11.3 Å². The molecule has 11 heavy (non-hydrogen) atoms. The molecule has 2 N–H and O–H groups in total. The van der Waals surface area contributed by atoms with E-state index in [4.69, 9.17) is 5.73 Å². The molecule has 0 atom stereocenters. The van der Waals surface area contributed by atoms with E-state index in [9.17, 15) is 0 Å². The van der Waals surface area contributed by atoms with Crippen LogP contribution in [0.4, 0.5) is 0 Å². The molecule has 1 aromatic rings. The molecule has 4 heteroatoms. The molecule has 1 heterocycles. The Hall–Kier alpha value is -0.480. The monoisotopic (exact) mass is 171 g/mol. The van der Waals surface area contributed by atoms with Gasteiger partial charge in [0.05, 0.1) is 0 Å². The van der Waals surface area contributed by atoms with Crippen molar-refractivity contribution in [2.75, 3.05) is 6.54 Å². The lowest BCUT2D eigenvalue weighted by Gasteiger charge is -1.93. The summed E-state index contributed by atoms with van der Waals surface area (Å²) in [5, 5.41) is 10.2. The van der Waals surface area contributed by atoms with Gasteiger partial charge in [0, 0.05) is 12.3 Å². The minimum Gasteiger partial charge on any atom is -0.330 e. The summed E-state index contributed by atoms with van der Waals surface area (Å²) in [6, 6.07) is 0. The Bertz CT molecular complexity index is 219. The van der Waals surface area contributed by atoms with Gasteiger partial charge in [-0.25, -0.2) is 0 Å². The van der Waals surface area contributed by atoms with Crippen molar-refractivity contribution in [3.63, 3.8) is 0 Å². The summed E-state index contributed by atoms with van der Waals surface area (Å²) in [6.45, 7) is 4.90. The van der Waals surface area contributed by atoms with Gasteiger partial charge in [0.1, 0.15) is 10.0 Å². The standard InChI is InChI=1S/C7H13N3S/c1-5(2)7-10-9-6(11-7)3-4-8/h5H,3-4,8H2,1-2H3. The summed E-state index contributed by atoms with van der Waals surface area (Å²) in [7, 11) is 0. The number of aromatic nitrogens is 2. The summed E-state index contributed by atoms with van der Waals surface area (Å²) >= 11 is 1.66. The van der Waals surface area contributed by atoms with E-state index >= 15 is 0 Å². The molecule has 62 valence electrons. The lowest BCUT2D eigenvalue weighted by molar-refractivity contribution is 0.814. The molecular weight excluding hydrogens is 158 g/mol. The van der Waals surface area contributed by atoms with Gasteiger partial charge in [0.15, 0.2) is 0 Å². The van der Waals surface area contributed by atoms with Crippen molar-refractivity contribution in [1.82, 2.24) is 10.2 Å². The predicted molar refractivity (Wildman–Crippen MR) is 46.8 cm³/mol. The highest BCUT2D eigenvalue weighted by Gasteiger charge is 2.05. The molecule has 0 radical (unpaired) electrons. The Morgan fingerprint density at radius 1 is 1.45 bits per heavy atom. The number of nitrogens with zero attached hydrogens (tertiary/aromatic N) is 2. The number of hydrogen-bond donors (Lipinski definition) is 1. The van der Waals surface area contributed by atoms with Gasteiger partial charge in [0.2, 0.25) is 0 Å². The largest absolute Gasteiger partial charge is 0.330 e. The van der Waals surface area contributed by atoms with E-state index in [0.29, 0.717) is 12.5 Å². The summed E-state index contributed by atoms with van der Waals surface area (Å²) in [4.78, 5) is 0. The first-order valence-corrected chi connectivity index (χ1v) is 4.58. The van der Waals surface area contributed by atoms with Crippen molar-refractivity contribution in [2.24, 2.45) is 5.73 Å². The molecule has 3 nitrogen and oxygen atoms in total. The van der Waals surface area contributed by atoms with Crippen molar-refractivity contribution in [2.45, 2.75) is 26.2 Å². The summed E-state index contributed by atoms with van der Waals surface area (Å²) < 4.78 is 0. The fraction of sp³-hybridized carbons (Fsp3) is 0.714. The molecule has 0 unspecified atom stereocenters. The smallest absolute Gasteiger partial charge is 0.119 e. The third-order valence-corrected chi connectivity index (χ3v) is 2.62. The molecule has 0 saturated carbocycles. The minimum atomic E-state index is 0.485. The van der Waals surface area contributed by atoms with Gasteiger partial charge in [-0.3, -0.25) is 0 Å². The lowest BCUT2D eigenvalue weighted by atomic mass is 10.2. The zero-order valence-corrected chi connectivity index (χ0v) is 7.69. The van der Waals surface area contributed by atoms with E-state index in [0.717, 1.165) is 16.4 Å². The molecule has 1 rings (SSSR count). The average molecular weight is 171 g/mol. The molecule has 0 aromatic carbocycles. The quantitative estimate of drug-likeness (QED) is 0.742. The molecule has 0 aliphatic carbocycles. The summed E-state index contributed by atoms with van der Waals surface area (Å²) in [5.74, 6) is 0.485. The van der Waals surface area contributed by atoms with Crippen LogP contribution in [-0.2, 0) is 6.42 Å². The zero-order valence-electron chi connectivity index (χ0n) is 6.87. The number of hydrogen-bond acceptors (Lipinski definition) is 4. The maximum absolute atomic E-state index is 5.38. The molecule has 0 saturated heterocycles. The highest BCUT2D eigenvalue weighted by atomic mass is 32.1. The molecule has 1 aromatic heterocycles. The molecule has 0 amide bonds. The second-order valence-corrected chi connectivity index (χ2v) is 3.82. The van der Waals surface area contributed by atoms with E-state index in [-0.39, 0.29) is 0 Å². The van der Waals surface area contributed by atoms with Crippen molar-refractivity contribution in [3.05, 3.63) is 10.0 Å². The molecule has 0 spiro atoms. The van der Waals surface area contributed by atoms with Crippen LogP contribution in [0.25, 0.3) is 0 Å². The van der Waals surface area contributed by atoms with Crippen LogP contribution in [0, 0.1) is 0 Å². The van der Waals surface area contributed by atoms with E-state index in [1.54, 1.807) is 11.3 Å². The van der Waals surface area contributed by atoms with Gasteiger partial charge < -0.3 is 5.73 Å². The first-order valence-electron chi connectivity index (χ1n) is 3.76. The first kappa shape index (κ1) is 8.62. The van der Waals surface area contributed by atoms with Gasteiger partial charge in [-0.2, -0.15) is 0 Å². The average Bonchev–Trinajstić information content (AvgIpc) is 2.37. The van der Waals surface area contributed by atoms with Crippen LogP contribution in [0.3, 0.4) is 0 Å². The predicted octanol–water partition coefficient (Wildman–Crippen LogP) is 1.16. The second-order valence-electron chi connectivity index (χ2n) is 2.73. The van der Waals surface area contributed by atoms with E-state index in [2.05, 4.69) is 24.0 Å². The highest BCUT2D eigenvalue weighted by molar-refractivity contribution is 7.11. The van der Waals surface area contributed by atoms with Crippen molar-refractivity contribution in [1.29, 1.82) is 0 Å². The highest BCUT2D eigenvalue weighted by Crippen LogP contribution is 2.18. The van der Waals surface area contributed by atoms with Crippen LogP contribution in [-0.4, -0.2) is 16.7 Å². The Morgan fingerprint density at radius 2 is 2.18 bits per heavy atom. The van der Waals surface area contributed by atoms with Crippen LogP contribution in [0.5, 0.6) is 0 Å².